The third kappa shape index (κ3) is 4.41. The van der Waals surface area contributed by atoms with Crippen LogP contribution in [0, 0.1) is 5.82 Å². The molecule has 2 N–H and O–H groups in total. The second kappa shape index (κ2) is 7.73. The van der Waals surface area contributed by atoms with Gasteiger partial charge in [-0.05, 0) is 36.4 Å². The molecule has 0 radical (unpaired) electrons. The summed E-state index contributed by atoms with van der Waals surface area (Å²) in [7, 11) is 1.50. The average Bonchev–Trinajstić information content (AvgIpc) is 2.63. The lowest BCUT2D eigenvalue weighted by Crippen LogP contribution is -2.37. The smallest absolute Gasteiger partial charge is 0.322 e. The van der Waals surface area contributed by atoms with E-state index in [0.29, 0.717) is 36.1 Å². The number of likely N-dealkylation sites (N-methyl/N-ethyl adjacent to an activating group) is 1. The van der Waals surface area contributed by atoms with Crippen molar-refractivity contribution < 1.29 is 23.5 Å². The van der Waals surface area contributed by atoms with Crippen LogP contribution in [0.15, 0.2) is 42.5 Å². The number of halogens is 1. The molecule has 0 aromatic heterocycles. The van der Waals surface area contributed by atoms with Crippen LogP contribution in [-0.4, -0.2) is 43.6 Å². The van der Waals surface area contributed by atoms with Gasteiger partial charge in [0.25, 0.3) is 0 Å². The number of hydrogen-bond acceptors (Lipinski definition) is 4. The summed E-state index contributed by atoms with van der Waals surface area (Å²) in [5.41, 5.74) is 0.988. The van der Waals surface area contributed by atoms with E-state index in [9.17, 15) is 14.0 Å². The van der Waals surface area contributed by atoms with Crippen LogP contribution in [0.4, 0.5) is 20.6 Å². The molecule has 136 valence electrons. The van der Waals surface area contributed by atoms with Crippen molar-refractivity contribution in [3.8, 4) is 11.5 Å². The van der Waals surface area contributed by atoms with E-state index in [1.807, 2.05) is 0 Å². The average molecular weight is 359 g/mol. The van der Waals surface area contributed by atoms with E-state index in [1.165, 1.54) is 36.2 Å². The molecule has 1 aliphatic heterocycles. The van der Waals surface area contributed by atoms with Gasteiger partial charge in [0.2, 0.25) is 5.91 Å². The zero-order chi connectivity index (χ0) is 18.5. The number of carbonyl (C=O) groups excluding carboxylic acids is 2. The largest absolute Gasteiger partial charge is 0.486 e. The Balaban J connectivity index is 1.54. The summed E-state index contributed by atoms with van der Waals surface area (Å²) in [5.74, 6) is 0.405. The molecule has 0 aliphatic carbocycles. The fourth-order valence-corrected chi connectivity index (χ4v) is 2.36. The lowest BCUT2D eigenvalue weighted by molar-refractivity contribution is -0.116. The molecule has 2 aromatic carbocycles. The molecule has 0 saturated heterocycles. The Labute approximate surface area is 149 Å². The summed E-state index contributed by atoms with van der Waals surface area (Å²) in [6.45, 7) is 0.784. The number of fused-ring (bicyclic) bond motifs is 1. The lowest BCUT2D eigenvalue weighted by atomic mass is 10.2. The van der Waals surface area contributed by atoms with Crippen LogP contribution in [0.25, 0.3) is 0 Å². The second-order valence-electron chi connectivity index (χ2n) is 5.70. The number of benzene rings is 2. The zero-order valence-corrected chi connectivity index (χ0v) is 14.1. The molecule has 8 heteroatoms. The minimum atomic E-state index is -0.448. The normalized spacial score (nSPS) is 12.2. The number of hydrogen-bond donors (Lipinski definition) is 2. The highest BCUT2D eigenvalue weighted by molar-refractivity contribution is 5.97. The molecule has 7 nitrogen and oxygen atoms in total. The molecular formula is C18H18FN3O4. The van der Waals surface area contributed by atoms with E-state index in [4.69, 9.17) is 9.47 Å². The summed E-state index contributed by atoms with van der Waals surface area (Å²) < 4.78 is 23.7. The van der Waals surface area contributed by atoms with Gasteiger partial charge in [0.05, 0.1) is 0 Å². The molecule has 0 atom stereocenters. The van der Waals surface area contributed by atoms with Crippen LogP contribution in [0.2, 0.25) is 0 Å². The number of nitrogens with one attached hydrogen (secondary N) is 2. The third-order valence-electron chi connectivity index (χ3n) is 3.65. The Morgan fingerprint density at radius 1 is 1.00 bits per heavy atom. The van der Waals surface area contributed by atoms with Crippen molar-refractivity contribution in [2.75, 3.05) is 37.4 Å². The van der Waals surface area contributed by atoms with Crippen LogP contribution in [-0.2, 0) is 4.79 Å². The molecule has 0 bridgehead atoms. The standard InChI is InChI=1S/C18H18FN3O4/c1-22(11-17(23)20-13-4-2-12(19)3-5-13)18(24)21-14-6-7-15-16(10-14)26-9-8-25-15/h2-7,10H,8-9,11H2,1H3,(H,20,23)(H,21,24). The van der Waals surface area contributed by atoms with Crippen molar-refractivity contribution in [3.05, 3.63) is 48.3 Å². The second-order valence-corrected chi connectivity index (χ2v) is 5.70. The fraction of sp³-hybridized carbons (Fsp3) is 0.222. The lowest BCUT2D eigenvalue weighted by Gasteiger charge is -2.20. The first-order valence-corrected chi connectivity index (χ1v) is 7.98. The van der Waals surface area contributed by atoms with E-state index >= 15 is 0 Å². The van der Waals surface area contributed by atoms with E-state index in [2.05, 4.69) is 10.6 Å². The SMILES string of the molecule is CN(CC(=O)Nc1ccc(F)cc1)C(=O)Nc1ccc2c(c1)OCCO2. The molecule has 1 heterocycles. The fourth-order valence-electron chi connectivity index (χ4n) is 2.36. The van der Waals surface area contributed by atoms with E-state index < -0.39 is 11.9 Å². The van der Waals surface area contributed by atoms with Gasteiger partial charge in [0.1, 0.15) is 25.6 Å². The number of ether oxygens (including phenoxy) is 2. The molecule has 0 fully saturated rings. The van der Waals surface area contributed by atoms with Crippen molar-refractivity contribution in [3.63, 3.8) is 0 Å². The van der Waals surface area contributed by atoms with Crippen LogP contribution in [0.1, 0.15) is 0 Å². The maximum atomic E-state index is 12.9. The van der Waals surface area contributed by atoms with Gasteiger partial charge in [0, 0.05) is 24.5 Å². The highest BCUT2D eigenvalue weighted by Gasteiger charge is 2.16. The molecule has 0 unspecified atom stereocenters. The Kier molecular flexibility index (Phi) is 5.21. The molecule has 0 spiro atoms. The van der Waals surface area contributed by atoms with Crippen molar-refractivity contribution in [2.24, 2.45) is 0 Å². The Bertz CT molecular complexity index is 811. The van der Waals surface area contributed by atoms with Gasteiger partial charge in [-0.1, -0.05) is 0 Å². The van der Waals surface area contributed by atoms with E-state index in [0.717, 1.165) is 0 Å². The van der Waals surface area contributed by atoms with Crippen molar-refractivity contribution in [2.45, 2.75) is 0 Å². The highest BCUT2D eigenvalue weighted by atomic mass is 19.1. The van der Waals surface area contributed by atoms with E-state index in [1.54, 1.807) is 18.2 Å². The molecule has 2 aromatic rings. The first kappa shape index (κ1) is 17.5. The third-order valence-corrected chi connectivity index (χ3v) is 3.65. The Morgan fingerprint density at radius 2 is 1.65 bits per heavy atom. The topological polar surface area (TPSA) is 79.9 Å². The minimum Gasteiger partial charge on any atom is -0.486 e. The highest BCUT2D eigenvalue weighted by Crippen LogP contribution is 2.32. The number of amides is 3. The quantitative estimate of drug-likeness (QED) is 0.880. The van der Waals surface area contributed by atoms with Gasteiger partial charge in [-0.2, -0.15) is 0 Å². The number of nitrogens with zero attached hydrogens (tertiary/aromatic N) is 1. The maximum absolute atomic E-state index is 12.9. The predicted molar refractivity (Wildman–Crippen MR) is 94.1 cm³/mol. The van der Waals surface area contributed by atoms with Crippen molar-refractivity contribution in [1.29, 1.82) is 0 Å². The summed E-state index contributed by atoms with van der Waals surface area (Å²) in [6.07, 6.45) is 0. The van der Waals surface area contributed by atoms with E-state index in [-0.39, 0.29) is 12.4 Å². The number of rotatable bonds is 4. The van der Waals surface area contributed by atoms with Gasteiger partial charge in [-0.3, -0.25) is 4.79 Å². The first-order chi connectivity index (χ1) is 12.5. The minimum absolute atomic E-state index is 0.159. The van der Waals surface area contributed by atoms with Crippen molar-refractivity contribution >= 4 is 23.3 Å². The molecule has 26 heavy (non-hydrogen) atoms. The predicted octanol–water partition coefficient (Wildman–Crippen LogP) is 2.70. The zero-order valence-electron chi connectivity index (χ0n) is 14.1. The van der Waals surface area contributed by atoms with Gasteiger partial charge >= 0.3 is 6.03 Å². The molecular weight excluding hydrogens is 341 g/mol. The van der Waals surface area contributed by atoms with Gasteiger partial charge < -0.3 is 25.0 Å². The monoisotopic (exact) mass is 359 g/mol. The molecule has 1 aliphatic rings. The summed E-state index contributed by atoms with van der Waals surface area (Å²) >= 11 is 0. The maximum Gasteiger partial charge on any atom is 0.322 e. The molecule has 3 rings (SSSR count). The van der Waals surface area contributed by atoms with Crippen LogP contribution >= 0.6 is 0 Å². The first-order valence-electron chi connectivity index (χ1n) is 7.98. The van der Waals surface area contributed by atoms with Crippen LogP contribution in [0.3, 0.4) is 0 Å². The van der Waals surface area contributed by atoms with Crippen LogP contribution in [0.5, 0.6) is 11.5 Å². The molecule has 0 saturated carbocycles. The number of anilines is 2. The summed E-state index contributed by atoms with van der Waals surface area (Å²) in [5, 5.41) is 5.29. The number of carbonyl (C=O) groups is 2. The van der Waals surface area contributed by atoms with Crippen LogP contribution < -0.4 is 20.1 Å². The summed E-state index contributed by atoms with van der Waals surface area (Å²) in [4.78, 5) is 25.5. The van der Waals surface area contributed by atoms with Gasteiger partial charge in [0.15, 0.2) is 11.5 Å². The van der Waals surface area contributed by atoms with Gasteiger partial charge in [-0.15, -0.1) is 0 Å². The number of urea groups is 1. The summed E-state index contributed by atoms with van der Waals surface area (Å²) in [6, 6.07) is 10.0. The molecule has 3 amide bonds. The Hall–Kier alpha value is -3.29. The Morgan fingerprint density at radius 3 is 2.38 bits per heavy atom. The van der Waals surface area contributed by atoms with Gasteiger partial charge in [-0.25, -0.2) is 9.18 Å². The van der Waals surface area contributed by atoms with Crippen molar-refractivity contribution in [1.82, 2.24) is 4.90 Å².